The molecule has 1 saturated heterocycles. The van der Waals surface area contributed by atoms with E-state index in [-0.39, 0.29) is 11.6 Å². The van der Waals surface area contributed by atoms with Crippen LogP contribution in [-0.2, 0) is 4.74 Å². The van der Waals surface area contributed by atoms with Crippen molar-refractivity contribution >= 4 is 23.1 Å². The molecule has 1 atom stereocenters. The predicted molar refractivity (Wildman–Crippen MR) is 147 cm³/mol. The number of hydrogen-bond donors (Lipinski definition) is 2. The van der Waals surface area contributed by atoms with Gasteiger partial charge >= 0.3 is 0 Å². The molecule has 0 radical (unpaired) electrons. The highest BCUT2D eigenvalue weighted by atomic mass is 32.2. The quantitative estimate of drug-likeness (QED) is 0.298. The van der Waals surface area contributed by atoms with Gasteiger partial charge in [-0.05, 0) is 62.4 Å². The van der Waals surface area contributed by atoms with Gasteiger partial charge < -0.3 is 24.7 Å². The normalized spacial score (nSPS) is 15.4. The van der Waals surface area contributed by atoms with Gasteiger partial charge in [0.25, 0.3) is 0 Å². The molecule has 0 spiro atoms. The molecule has 1 unspecified atom stereocenters. The summed E-state index contributed by atoms with van der Waals surface area (Å²) >= 11 is 1.67. The number of aryl methyl sites for hydroxylation is 1. The molecule has 37 heavy (non-hydrogen) atoms. The molecule has 8 heteroatoms. The zero-order valence-electron chi connectivity index (χ0n) is 20.8. The van der Waals surface area contributed by atoms with Crippen LogP contribution in [0.25, 0.3) is 11.3 Å². The van der Waals surface area contributed by atoms with Gasteiger partial charge in [-0.3, -0.25) is 9.78 Å². The van der Waals surface area contributed by atoms with E-state index in [1.54, 1.807) is 17.8 Å². The zero-order valence-corrected chi connectivity index (χ0v) is 21.6. The van der Waals surface area contributed by atoms with Crippen molar-refractivity contribution in [3.8, 4) is 22.8 Å². The summed E-state index contributed by atoms with van der Waals surface area (Å²) in [6.07, 6.45) is 0. The third-order valence-corrected chi connectivity index (χ3v) is 7.67. The van der Waals surface area contributed by atoms with Gasteiger partial charge in [-0.25, -0.2) is 0 Å². The molecule has 2 aromatic heterocycles. The molecule has 0 aliphatic carbocycles. The van der Waals surface area contributed by atoms with Gasteiger partial charge in [-0.1, -0.05) is 23.9 Å². The Hall–Kier alpha value is -3.75. The van der Waals surface area contributed by atoms with Gasteiger partial charge in [0.2, 0.25) is 5.56 Å². The lowest BCUT2D eigenvalue weighted by Crippen LogP contribution is -2.36. The molecule has 4 aromatic rings. The number of pyridine rings is 2. The molecule has 2 aliphatic rings. The highest BCUT2D eigenvalue weighted by molar-refractivity contribution is 7.99. The average Bonchev–Trinajstić information content (AvgIpc) is 2.91. The van der Waals surface area contributed by atoms with E-state index in [9.17, 15) is 4.79 Å². The first kappa shape index (κ1) is 23.6. The Kier molecular flexibility index (Phi) is 6.36. The van der Waals surface area contributed by atoms with Crippen LogP contribution in [0, 0.1) is 6.92 Å². The number of fused-ring (bicyclic) bond motifs is 2. The molecular weight excluding hydrogens is 484 g/mol. The highest BCUT2D eigenvalue weighted by Crippen LogP contribution is 2.51. The van der Waals surface area contributed by atoms with Gasteiger partial charge in [0.1, 0.15) is 5.75 Å². The molecule has 1 fully saturated rings. The molecule has 7 nitrogen and oxygen atoms in total. The first-order chi connectivity index (χ1) is 18.0. The van der Waals surface area contributed by atoms with E-state index >= 15 is 0 Å². The van der Waals surface area contributed by atoms with Crippen LogP contribution in [0.5, 0.6) is 11.5 Å². The monoisotopic (exact) mass is 512 g/mol. The fourth-order valence-electron chi connectivity index (χ4n) is 4.71. The van der Waals surface area contributed by atoms with Gasteiger partial charge in [-0.15, -0.1) is 0 Å². The number of aromatic amines is 1. The van der Waals surface area contributed by atoms with Gasteiger partial charge in [-0.2, -0.15) is 0 Å². The molecule has 4 heterocycles. The number of benzene rings is 2. The van der Waals surface area contributed by atoms with Gasteiger partial charge in [0, 0.05) is 41.8 Å². The van der Waals surface area contributed by atoms with Gasteiger partial charge in [0.05, 0.1) is 40.4 Å². The molecule has 2 aromatic carbocycles. The van der Waals surface area contributed by atoms with E-state index in [1.807, 2.05) is 55.5 Å². The third kappa shape index (κ3) is 4.95. The summed E-state index contributed by atoms with van der Waals surface area (Å²) in [6, 6.07) is 22.0. The largest absolute Gasteiger partial charge is 0.454 e. The summed E-state index contributed by atoms with van der Waals surface area (Å²) in [7, 11) is 0. The summed E-state index contributed by atoms with van der Waals surface area (Å²) in [5.74, 6) is 1.55. The van der Waals surface area contributed by atoms with Crippen LogP contribution >= 0.6 is 11.8 Å². The smallest absolute Gasteiger partial charge is 0.250 e. The maximum Gasteiger partial charge on any atom is 0.250 e. The van der Waals surface area contributed by atoms with E-state index in [2.05, 4.69) is 39.2 Å². The van der Waals surface area contributed by atoms with Crippen molar-refractivity contribution in [3.63, 3.8) is 0 Å². The second kappa shape index (κ2) is 9.95. The van der Waals surface area contributed by atoms with Crippen molar-refractivity contribution in [1.29, 1.82) is 0 Å². The minimum absolute atomic E-state index is 0.0712. The second-order valence-electron chi connectivity index (χ2n) is 9.28. The Morgan fingerprint density at radius 1 is 1.03 bits per heavy atom. The summed E-state index contributed by atoms with van der Waals surface area (Å²) in [5, 5.41) is 3.56. The maximum atomic E-state index is 12.6. The van der Waals surface area contributed by atoms with Crippen LogP contribution in [0.3, 0.4) is 0 Å². The van der Waals surface area contributed by atoms with Gasteiger partial charge in [0.15, 0.2) is 5.75 Å². The predicted octanol–water partition coefficient (Wildman–Crippen LogP) is 6.01. The van der Waals surface area contributed by atoms with Crippen molar-refractivity contribution in [2.75, 3.05) is 36.5 Å². The Labute approximate surface area is 219 Å². The SMILES string of the molecule is Cc1cccc(C(C)Nc2ccc3c(c2)Sc2cccc(-c4cc(N5CCOCC5)cc(=O)[nH]4)c2O3)n1. The van der Waals surface area contributed by atoms with E-state index in [1.165, 1.54) is 0 Å². The lowest BCUT2D eigenvalue weighted by Gasteiger charge is -2.29. The number of para-hydroxylation sites is 1. The van der Waals surface area contributed by atoms with E-state index in [0.717, 1.165) is 68.4 Å². The number of anilines is 2. The molecular formula is C29H28N4O3S. The number of H-pyrrole nitrogens is 1. The molecule has 0 bridgehead atoms. The van der Waals surface area contributed by atoms with Crippen LogP contribution in [0.1, 0.15) is 24.4 Å². The molecule has 6 rings (SSSR count). The van der Waals surface area contributed by atoms with Crippen LogP contribution in [-0.4, -0.2) is 36.3 Å². The average molecular weight is 513 g/mol. The number of hydrogen-bond acceptors (Lipinski definition) is 7. The molecule has 2 N–H and O–H groups in total. The fourth-order valence-corrected chi connectivity index (χ4v) is 5.74. The minimum Gasteiger partial charge on any atom is -0.454 e. The van der Waals surface area contributed by atoms with E-state index in [0.29, 0.717) is 13.2 Å². The Bertz CT molecular complexity index is 1510. The van der Waals surface area contributed by atoms with Crippen LogP contribution in [0.4, 0.5) is 11.4 Å². The van der Waals surface area contributed by atoms with Crippen molar-refractivity contribution in [2.45, 2.75) is 29.7 Å². The topological polar surface area (TPSA) is 79.5 Å². The Morgan fingerprint density at radius 2 is 1.86 bits per heavy atom. The summed E-state index contributed by atoms with van der Waals surface area (Å²) < 4.78 is 11.9. The molecule has 0 saturated carbocycles. The summed E-state index contributed by atoms with van der Waals surface area (Å²) in [5.41, 5.74) is 5.39. The maximum absolute atomic E-state index is 12.6. The number of ether oxygens (including phenoxy) is 2. The van der Waals surface area contributed by atoms with Crippen molar-refractivity contribution < 1.29 is 9.47 Å². The number of aromatic nitrogens is 2. The fraction of sp³-hybridized carbons (Fsp3) is 0.241. The number of rotatable bonds is 5. The lowest BCUT2D eigenvalue weighted by atomic mass is 10.1. The second-order valence-corrected chi connectivity index (χ2v) is 10.4. The van der Waals surface area contributed by atoms with Crippen LogP contribution in [0.15, 0.2) is 81.3 Å². The highest BCUT2D eigenvalue weighted by Gasteiger charge is 2.23. The van der Waals surface area contributed by atoms with Crippen molar-refractivity contribution in [3.05, 3.63) is 88.5 Å². The molecule has 188 valence electrons. The zero-order chi connectivity index (χ0) is 25.4. The van der Waals surface area contributed by atoms with E-state index < -0.39 is 0 Å². The lowest BCUT2D eigenvalue weighted by molar-refractivity contribution is 0.122. The number of nitrogens with zero attached hydrogens (tertiary/aromatic N) is 2. The van der Waals surface area contributed by atoms with Crippen molar-refractivity contribution in [2.24, 2.45) is 0 Å². The molecule has 0 amide bonds. The van der Waals surface area contributed by atoms with E-state index in [4.69, 9.17) is 9.47 Å². The summed E-state index contributed by atoms with van der Waals surface area (Å²) in [6.45, 7) is 6.98. The van der Waals surface area contributed by atoms with Crippen LogP contribution in [0.2, 0.25) is 0 Å². The minimum atomic E-state index is -0.131. The number of nitrogens with one attached hydrogen (secondary N) is 2. The van der Waals surface area contributed by atoms with Crippen LogP contribution < -0.4 is 20.5 Å². The third-order valence-electron chi connectivity index (χ3n) is 6.59. The Balaban J connectivity index is 1.27. The Morgan fingerprint density at radius 3 is 2.70 bits per heavy atom. The standard InChI is InChI=1S/C29H28N4O3S/c1-18-5-3-7-23(30-18)19(2)31-20-9-10-25-27(15-20)37-26-8-4-6-22(29(26)36-25)24-16-21(17-28(34)32-24)33-11-13-35-14-12-33/h3-10,15-17,19,31H,11-14H2,1-2H3,(H,32,34). The summed E-state index contributed by atoms with van der Waals surface area (Å²) in [4.78, 5) is 24.4. The molecule has 2 aliphatic heterocycles. The first-order valence-corrected chi connectivity index (χ1v) is 13.3. The number of morpholine rings is 1. The van der Waals surface area contributed by atoms with Crippen molar-refractivity contribution in [1.82, 2.24) is 9.97 Å². The first-order valence-electron chi connectivity index (χ1n) is 12.4.